The zero-order valence-corrected chi connectivity index (χ0v) is 6.11. The van der Waals surface area contributed by atoms with Crippen molar-refractivity contribution in [2.24, 2.45) is 0 Å². The van der Waals surface area contributed by atoms with Gasteiger partial charge in [-0.15, -0.1) is 0 Å². The van der Waals surface area contributed by atoms with Gasteiger partial charge < -0.3 is 5.32 Å². The minimum Gasteiger partial charge on any atom is -0.354 e. The molecule has 0 aliphatic carbocycles. The van der Waals surface area contributed by atoms with E-state index in [0.29, 0.717) is 12.5 Å². The predicted molar refractivity (Wildman–Crippen MR) is 37.9 cm³/mol. The van der Waals surface area contributed by atoms with E-state index in [0.717, 1.165) is 6.42 Å². The van der Waals surface area contributed by atoms with E-state index in [1.807, 2.05) is 13.8 Å². The summed E-state index contributed by atoms with van der Waals surface area (Å²) < 4.78 is 0. The molecule has 0 aliphatic heterocycles. The molecule has 1 atom stereocenters. The van der Waals surface area contributed by atoms with E-state index >= 15 is 0 Å². The van der Waals surface area contributed by atoms with Gasteiger partial charge in [-0.25, -0.2) is 0 Å². The van der Waals surface area contributed by atoms with Crippen molar-refractivity contribution in [2.75, 3.05) is 0 Å². The first-order valence-corrected chi connectivity index (χ1v) is 3.29. The van der Waals surface area contributed by atoms with Crippen molar-refractivity contribution in [3.05, 3.63) is 6.92 Å². The van der Waals surface area contributed by atoms with Gasteiger partial charge in [0.2, 0.25) is 5.91 Å². The van der Waals surface area contributed by atoms with Crippen molar-refractivity contribution in [1.82, 2.24) is 5.32 Å². The molecule has 0 heterocycles. The predicted octanol–water partition coefficient (Wildman–Crippen LogP) is 1.13. The van der Waals surface area contributed by atoms with Crippen LogP contribution in [0.5, 0.6) is 0 Å². The van der Waals surface area contributed by atoms with Crippen LogP contribution in [0.1, 0.15) is 26.7 Å². The Kier molecular flexibility index (Phi) is 4.10. The molecule has 2 nitrogen and oxygen atoms in total. The molecule has 0 aliphatic rings. The number of carbonyl (C=O) groups is 1. The minimum atomic E-state index is 0.0318. The van der Waals surface area contributed by atoms with Gasteiger partial charge in [0.05, 0.1) is 0 Å². The minimum absolute atomic E-state index is 0.0318. The fourth-order valence-corrected chi connectivity index (χ4v) is 0.449. The molecule has 9 heavy (non-hydrogen) atoms. The quantitative estimate of drug-likeness (QED) is 0.606. The third kappa shape index (κ3) is 4.01. The topological polar surface area (TPSA) is 29.1 Å². The summed E-state index contributed by atoms with van der Waals surface area (Å²) in [6.07, 6.45) is 1.32. The summed E-state index contributed by atoms with van der Waals surface area (Å²) in [5.74, 6) is 0.0318. The number of hydrogen-bond acceptors (Lipinski definition) is 1. The van der Waals surface area contributed by atoms with Crippen molar-refractivity contribution in [3.63, 3.8) is 0 Å². The molecule has 0 fully saturated rings. The molecule has 0 saturated carbocycles. The zero-order chi connectivity index (χ0) is 7.28. The van der Waals surface area contributed by atoms with Gasteiger partial charge >= 0.3 is 0 Å². The van der Waals surface area contributed by atoms with Crippen LogP contribution in [-0.2, 0) is 4.79 Å². The van der Waals surface area contributed by atoms with Gasteiger partial charge in [0.25, 0.3) is 0 Å². The Bertz CT molecular complexity index is 90.9. The van der Waals surface area contributed by atoms with Crippen molar-refractivity contribution in [3.8, 4) is 0 Å². The van der Waals surface area contributed by atoms with Gasteiger partial charge in [-0.05, 0) is 20.3 Å². The van der Waals surface area contributed by atoms with Crippen LogP contribution in [0.2, 0.25) is 0 Å². The number of nitrogens with one attached hydrogen (secondary N) is 1. The van der Waals surface area contributed by atoms with Gasteiger partial charge in [-0.3, -0.25) is 4.79 Å². The summed E-state index contributed by atoms with van der Waals surface area (Å²) >= 11 is 0. The standard InChI is InChI=1S/C7H14NO/c1-4-6(3)8-7(9)5-2/h6H,2,4-5H2,1,3H3,(H,8,9). The Morgan fingerprint density at radius 3 is 2.67 bits per heavy atom. The van der Waals surface area contributed by atoms with E-state index in [9.17, 15) is 4.79 Å². The van der Waals surface area contributed by atoms with Crippen LogP contribution in [0, 0.1) is 6.92 Å². The second-order valence-electron chi connectivity index (χ2n) is 2.13. The molecule has 0 bridgehead atoms. The van der Waals surface area contributed by atoms with E-state index in [1.165, 1.54) is 0 Å². The molecule has 1 unspecified atom stereocenters. The zero-order valence-electron chi connectivity index (χ0n) is 6.11. The van der Waals surface area contributed by atoms with E-state index < -0.39 is 0 Å². The maximum atomic E-state index is 10.6. The van der Waals surface area contributed by atoms with E-state index in [2.05, 4.69) is 12.2 Å². The third-order valence-electron chi connectivity index (χ3n) is 1.25. The highest BCUT2D eigenvalue weighted by Crippen LogP contribution is 1.87. The number of amides is 1. The lowest BCUT2D eigenvalue weighted by molar-refractivity contribution is -0.120. The molecule has 1 radical (unpaired) electrons. The number of carbonyl (C=O) groups excluding carboxylic acids is 1. The third-order valence-corrected chi connectivity index (χ3v) is 1.25. The van der Waals surface area contributed by atoms with Crippen LogP contribution in [0.4, 0.5) is 0 Å². The Morgan fingerprint density at radius 2 is 2.33 bits per heavy atom. The van der Waals surface area contributed by atoms with Gasteiger partial charge in [0.1, 0.15) is 0 Å². The van der Waals surface area contributed by atoms with Gasteiger partial charge in [-0.1, -0.05) is 6.92 Å². The smallest absolute Gasteiger partial charge is 0.220 e. The second kappa shape index (κ2) is 4.36. The average molecular weight is 128 g/mol. The molecule has 0 aromatic carbocycles. The SMILES string of the molecule is [CH2]CC(=O)NC(C)CC. The molecule has 53 valence electrons. The summed E-state index contributed by atoms with van der Waals surface area (Å²) in [6, 6.07) is 0.291. The molecule has 1 N–H and O–H groups in total. The van der Waals surface area contributed by atoms with E-state index in [4.69, 9.17) is 0 Å². The molecule has 0 spiro atoms. The summed E-state index contributed by atoms with van der Waals surface area (Å²) in [4.78, 5) is 10.6. The summed E-state index contributed by atoms with van der Waals surface area (Å²) in [6.45, 7) is 7.48. The highest BCUT2D eigenvalue weighted by atomic mass is 16.1. The van der Waals surface area contributed by atoms with Crippen LogP contribution < -0.4 is 5.32 Å². The Hall–Kier alpha value is -0.530. The average Bonchev–Trinajstić information content (AvgIpc) is 1.87. The summed E-state index contributed by atoms with van der Waals surface area (Å²) in [7, 11) is 0. The lowest BCUT2D eigenvalue weighted by atomic mass is 10.2. The molecule has 1 amide bonds. The molecule has 2 heteroatoms. The first-order valence-electron chi connectivity index (χ1n) is 3.29. The normalized spacial score (nSPS) is 12.8. The first kappa shape index (κ1) is 8.47. The molecule has 0 rings (SSSR count). The van der Waals surface area contributed by atoms with Gasteiger partial charge in [0.15, 0.2) is 0 Å². The summed E-state index contributed by atoms with van der Waals surface area (Å²) in [5.41, 5.74) is 0. The Balaban J connectivity index is 3.34. The fourth-order valence-electron chi connectivity index (χ4n) is 0.449. The van der Waals surface area contributed by atoms with Crippen molar-refractivity contribution in [1.29, 1.82) is 0 Å². The maximum absolute atomic E-state index is 10.6. The van der Waals surface area contributed by atoms with Crippen LogP contribution in [0.25, 0.3) is 0 Å². The maximum Gasteiger partial charge on any atom is 0.220 e. The van der Waals surface area contributed by atoms with Gasteiger partial charge in [-0.2, -0.15) is 0 Å². The van der Waals surface area contributed by atoms with E-state index in [1.54, 1.807) is 0 Å². The highest BCUT2D eigenvalue weighted by Gasteiger charge is 2.00. The Labute approximate surface area is 56.6 Å². The van der Waals surface area contributed by atoms with Crippen LogP contribution in [0.15, 0.2) is 0 Å². The lowest BCUT2D eigenvalue weighted by Gasteiger charge is -2.08. The second-order valence-corrected chi connectivity index (χ2v) is 2.13. The largest absolute Gasteiger partial charge is 0.354 e. The van der Waals surface area contributed by atoms with Crippen LogP contribution in [0.3, 0.4) is 0 Å². The van der Waals surface area contributed by atoms with Crippen LogP contribution >= 0.6 is 0 Å². The Morgan fingerprint density at radius 1 is 1.78 bits per heavy atom. The molecule has 0 saturated heterocycles. The van der Waals surface area contributed by atoms with Crippen molar-refractivity contribution < 1.29 is 4.79 Å². The van der Waals surface area contributed by atoms with Crippen molar-refractivity contribution >= 4 is 5.91 Å². The molecule has 0 aromatic heterocycles. The number of hydrogen-bond donors (Lipinski definition) is 1. The number of rotatable bonds is 3. The molecular weight excluding hydrogens is 114 g/mol. The summed E-state index contributed by atoms with van der Waals surface area (Å²) in [5, 5.41) is 2.78. The first-order chi connectivity index (χ1) is 4.20. The monoisotopic (exact) mass is 128 g/mol. The van der Waals surface area contributed by atoms with Crippen molar-refractivity contribution in [2.45, 2.75) is 32.7 Å². The lowest BCUT2D eigenvalue weighted by Crippen LogP contribution is -2.31. The fraction of sp³-hybridized carbons (Fsp3) is 0.714. The van der Waals surface area contributed by atoms with Crippen LogP contribution in [-0.4, -0.2) is 11.9 Å². The molecular formula is C7H14NO. The van der Waals surface area contributed by atoms with E-state index in [-0.39, 0.29) is 5.91 Å². The van der Waals surface area contributed by atoms with Gasteiger partial charge in [0, 0.05) is 12.5 Å². The highest BCUT2D eigenvalue weighted by molar-refractivity contribution is 5.76. The molecule has 0 aromatic rings.